The second-order valence-corrected chi connectivity index (χ2v) is 12.9. The second-order valence-electron chi connectivity index (χ2n) is 11.2. The van der Waals surface area contributed by atoms with E-state index >= 15 is 0 Å². The number of rotatable bonds is 13. The molecule has 0 amide bonds. The van der Waals surface area contributed by atoms with Gasteiger partial charge in [0, 0.05) is 30.0 Å². The minimum absolute atomic E-state index is 0.0370. The average Bonchev–Trinajstić information content (AvgIpc) is 3.39. The first-order valence-corrected chi connectivity index (χ1v) is 15.5. The van der Waals surface area contributed by atoms with Crippen LogP contribution in [0.15, 0.2) is 47.5 Å². The van der Waals surface area contributed by atoms with Crippen molar-refractivity contribution in [2.45, 2.75) is 81.0 Å². The summed E-state index contributed by atoms with van der Waals surface area (Å²) in [6.07, 6.45) is -2.87. The summed E-state index contributed by atoms with van der Waals surface area (Å²) in [4.78, 5) is 4.65. The molecule has 0 aromatic heterocycles. The van der Waals surface area contributed by atoms with Gasteiger partial charge in [-0.25, -0.2) is 0 Å². The van der Waals surface area contributed by atoms with Crippen LogP contribution < -0.4 is 4.74 Å². The maximum absolute atomic E-state index is 13.1. The normalized spacial score (nSPS) is 24.8. The van der Waals surface area contributed by atoms with Crippen LogP contribution in [0, 0.1) is 0 Å². The standard InChI is InChI=1S/C30H36F5NO5S/c1-27(21-5-7-22(37)8-6-21)20-40-26-19-23(38)9-10-24(26)25(27)11-14-28(36-15-16-41-28)12-2-3-17-42(39)18-4-13-29(31,32)30(33,34)35/h5-10,15,19,25,37-38H,2-4,11-14,16-18,20H2,1H3. The minimum Gasteiger partial charge on any atom is -0.616 e. The fraction of sp³-hybridized carbons (Fsp3) is 0.567. The maximum Gasteiger partial charge on any atom is 0.453 e. The van der Waals surface area contributed by atoms with Crippen LogP contribution in [0.25, 0.3) is 0 Å². The van der Waals surface area contributed by atoms with Crippen LogP contribution in [0.4, 0.5) is 22.0 Å². The largest absolute Gasteiger partial charge is 0.616 e. The second kappa shape index (κ2) is 13.0. The highest BCUT2D eigenvalue weighted by Crippen LogP contribution is 2.51. The van der Waals surface area contributed by atoms with Crippen molar-refractivity contribution in [3.8, 4) is 17.2 Å². The van der Waals surface area contributed by atoms with Gasteiger partial charge in [0.15, 0.2) is 5.72 Å². The Kier molecular flexibility index (Phi) is 9.99. The first-order chi connectivity index (χ1) is 19.7. The van der Waals surface area contributed by atoms with E-state index in [2.05, 4.69) is 11.9 Å². The Morgan fingerprint density at radius 3 is 2.33 bits per heavy atom. The monoisotopic (exact) mass is 617 g/mol. The van der Waals surface area contributed by atoms with Crippen LogP contribution in [-0.2, 0) is 21.3 Å². The number of hydrogen-bond donors (Lipinski definition) is 2. The van der Waals surface area contributed by atoms with Crippen LogP contribution in [0.1, 0.15) is 68.9 Å². The number of unbranched alkanes of at least 4 members (excludes halogenated alkanes) is 1. The summed E-state index contributed by atoms with van der Waals surface area (Å²) >= 11 is -1.50. The Bertz CT molecular complexity index is 1230. The van der Waals surface area contributed by atoms with E-state index in [1.54, 1.807) is 30.5 Å². The Hall–Kier alpha value is -2.57. The number of fused-ring (bicyclic) bond motifs is 1. The summed E-state index contributed by atoms with van der Waals surface area (Å²) in [6, 6.07) is 12.1. The summed E-state index contributed by atoms with van der Waals surface area (Å²) in [7, 11) is 0. The molecule has 4 rings (SSSR count). The van der Waals surface area contributed by atoms with Crippen molar-refractivity contribution < 1.29 is 46.2 Å². The molecule has 0 saturated heterocycles. The van der Waals surface area contributed by atoms with E-state index < -0.39 is 47.3 Å². The van der Waals surface area contributed by atoms with Gasteiger partial charge in [-0.15, -0.1) is 0 Å². The van der Waals surface area contributed by atoms with Gasteiger partial charge >= 0.3 is 12.1 Å². The van der Waals surface area contributed by atoms with Gasteiger partial charge in [-0.3, -0.25) is 4.99 Å². The Morgan fingerprint density at radius 2 is 1.67 bits per heavy atom. The number of benzene rings is 2. The van der Waals surface area contributed by atoms with Crippen molar-refractivity contribution in [2.24, 2.45) is 4.99 Å². The molecule has 4 atom stereocenters. The van der Waals surface area contributed by atoms with Crippen molar-refractivity contribution in [2.75, 3.05) is 24.7 Å². The van der Waals surface area contributed by atoms with Crippen molar-refractivity contribution in [1.29, 1.82) is 0 Å². The lowest BCUT2D eigenvalue weighted by atomic mass is 9.66. The van der Waals surface area contributed by atoms with Gasteiger partial charge in [-0.05, 0) is 67.9 Å². The van der Waals surface area contributed by atoms with Crippen molar-refractivity contribution in [3.63, 3.8) is 0 Å². The third kappa shape index (κ3) is 7.49. The lowest BCUT2D eigenvalue weighted by molar-refractivity contribution is -0.284. The number of aromatic hydroxyl groups is 2. The number of halogens is 5. The summed E-state index contributed by atoms with van der Waals surface area (Å²) in [5.74, 6) is -3.94. The molecule has 0 fully saturated rings. The van der Waals surface area contributed by atoms with Crippen LogP contribution >= 0.6 is 0 Å². The molecule has 0 spiro atoms. The zero-order valence-corrected chi connectivity index (χ0v) is 24.2. The highest BCUT2D eigenvalue weighted by molar-refractivity contribution is 7.91. The first-order valence-electron chi connectivity index (χ1n) is 14.0. The minimum atomic E-state index is -5.60. The third-order valence-electron chi connectivity index (χ3n) is 8.24. The Labute approximate surface area is 245 Å². The van der Waals surface area contributed by atoms with Crippen LogP contribution in [0.5, 0.6) is 17.2 Å². The highest BCUT2D eigenvalue weighted by atomic mass is 32.2. The van der Waals surface area contributed by atoms with Gasteiger partial charge in [-0.1, -0.05) is 36.3 Å². The number of ether oxygens (including phenoxy) is 2. The fourth-order valence-electron chi connectivity index (χ4n) is 5.77. The molecule has 2 heterocycles. The van der Waals surface area contributed by atoms with Crippen LogP contribution in [-0.4, -0.2) is 63.5 Å². The molecule has 2 N–H and O–H groups in total. The fourth-order valence-corrected chi connectivity index (χ4v) is 6.97. The van der Waals surface area contributed by atoms with Gasteiger partial charge in [0.25, 0.3) is 0 Å². The molecule has 42 heavy (non-hydrogen) atoms. The molecule has 6 nitrogen and oxygen atoms in total. The Morgan fingerprint density at radius 1 is 0.976 bits per heavy atom. The molecule has 4 unspecified atom stereocenters. The van der Waals surface area contributed by atoms with Crippen molar-refractivity contribution >= 4 is 17.4 Å². The van der Waals surface area contributed by atoms with Crippen LogP contribution in [0.2, 0.25) is 0 Å². The molecule has 2 aromatic carbocycles. The molecule has 0 aliphatic carbocycles. The molecule has 2 aliphatic heterocycles. The molecule has 0 radical (unpaired) electrons. The zero-order chi connectivity index (χ0) is 30.6. The lowest BCUT2D eigenvalue weighted by Crippen LogP contribution is -2.41. The van der Waals surface area contributed by atoms with Gasteiger partial charge < -0.3 is 24.2 Å². The number of nitrogens with zero attached hydrogens (tertiary/aromatic N) is 1. The summed E-state index contributed by atoms with van der Waals surface area (Å²) in [5.41, 5.74) is 0.685. The number of alkyl halides is 5. The summed E-state index contributed by atoms with van der Waals surface area (Å²) in [5, 5.41) is 19.9. The number of aliphatic imine (C=N–C) groups is 1. The van der Waals surface area contributed by atoms with Crippen molar-refractivity contribution in [3.05, 3.63) is 53.6 Å². The van der Waals surface area contributed by atoms with E-state index in [1.165, 1.54) is 0 Å². The lowest BCUT2D eigenvalue weighted by Gasteiger charge is -2.44. The SMILES string of the molecule is CC1(c2ccc(O)cc2)COc2cc(O)ccc2C1CCC1(CCCC[S+]([O-])CCCC(F)(F)C(F)(F)F)N=CCO1. The van der Waals surface area contributed by atoms with E-state index in [9.17, 15) is 36.7 Å². The average molecular weight is 618 g/mol. The van der Waals surface area contributed by atoms with E-state index in [0.29, 0.717) is 51.1 Å². The van der Waals surface area contributed by atoms with Gasteiger partial charge in [0.05, 0.1) is 13.2 Å². The molecule has 12 heteroatoms. The molecule has 232 valence electrons. The highest BCUT2D eigenvalue weighted by Gasteiger charge is 2.56. The van der Waals surface area contributed by atoms with E-state index in [1.807, 2.05) is 18.2 Å². The van der Waals surface area contributed by atoms with E-state index in [-0.39, 0.29) is 28.9 Å². The number of phenolic OH excluding ortho intramolecular Hbond substituents is 2. The van der Waals surface area contributed by atoms with Crippen LogP contribution in [0.3, 0.4) is 0 Å². The molecular formula is C30H36F5NO5S. The van der Waals surface area contributed by atoms with Gasteiger partial charge in [-0.2, -0.15) is 22.0 Å². The molecule has 2 aromatic rings. The number of phenols is 2. The third-order valence-corrected chi connectivity index (χ3v) is 9.73. The Balaban J connectivity index is 1.37. The predicted molar refractivity (Wildman–Crippen MR) is 150 cm³/mol. The van der Waals surface area contributed by atoms with Crippen molar-refractivity contribution in [1.82, 2.24) is 0 Å². The summed E-state index contributed by atoms with van der Waals surface area (Å²) < 4.78 is 87.6. The smallest absolute Gasteiger partial charge is 0.453 e. The quantitative estimate of drug-likeness (QED) is 0.143. The van der Waals surface area contributed by atoms with Gasteiger partial charge in [0.1, 0.15) is 28.8 Å². The summed E-state index contributed by atoms with van der Waals surface area (Å²) in [6.45, 7) is 2.81. The molecular weight excluding hydrogens is 581 g/mol. The van der Waals surface area contributed by atoms with E-state index in [0.717, 1.165) is 11.1 Å². The predicted octanol–water partition coefficient (Wildman–Crippen LogP) is 7.01. The van der Waals surface area contributed by atoms with E-state index in [4.69, 9.17) is 9.47 Å². The number of hydrogen-bond acceptors (Lipinski definition) is 6. The van der Waals surface area contributed by atoms with Gasteiger partial charge in [0.2, 0.25) is 0 Å². The topological polar surface area (TPSA) is 94.3 Å². The molecule has 0 bridgehead atoms. The maximum atomic E-state index is 13.1. The molecule has 2 aliphatic rings. The first kappa shape index (κ1) is 32.3. The molecule has 0 saturated carbocycles. The zero-order valence-electron chi connectivity index (χ0n) is 23.3.